The molecule has 0 saturated heterocycles. The number of hydrogen-bond acceptors (Lipinski definition) is 4. The molecule has 0 aliphatic carbocycles. The maximum Gasteiger partial charge on any atom is 0.347 e. The molecule has 0 atom stereocenters. The summed E-state index contributed by atoms with van der Waals surface area (Å²) in [5.41, 5.74) is 4.39. The summed E-state index contributed by atoms with van der Waals surface area (Å²) in [7, 11) is 1.54. The molecule has 0 aliphatic rings. The minimum Gasteiger partial charge on any atom is -0.493 e. The predicted octanol–water partition coefficient (Wildman–Crippen LogP) is 4.72. The van der Waals surface area contributed by atoms with E-state index in [9.17, 15) is 4.79 Å². The average Bonchev–Trinajstić information content (AvgIpc) is 2.96. The van der Waals surface area contributed by atoms with E-state index in [-0.39, 0.29) is 0 Å². The van der Waals surface area contributed by atoms with E-state index in [0.717, 1.165) is 26.5 Å². The van der Waals surface area contributed by atoms with Crippen molar-refractivity contribution in [2.45, 2.75) is 13.8 Å². The Bertz CT molecular complexity index is 1150. The third-order valence-corrected chi connectivity index (χ3v) is 4.79. The number of fused-ring (bicyclic) bond motifs is 2. The molecule has 4 rings (SSSR count). The van der Waals surface area contributed by atoms with Crippen LogP contribution in [0.4, 0.5) is 0 Å². The van der Waals surface area contributed by atoms with Crippen molar-refractivity contribution in [3.05, 3.63) is 56.4 Å². The fourth-order valence-corrected chi connectivity index (χ4v) is 3.34. The number of benzene rings is 2. The lowest BCUT2D eigenvalue weighted by Crippen LogP contribution is -2.04. The molecule has 0 radical (unpaired) electrons. The highest BCUT2D eigenvalue weighted by Gasteiger charge is 2.15. The predicted molar refractivity (Wildman–Crippen MR) is 101 cm³/mol. The molecule has 25 heavy (non-hydrogen) atoms. The van der Waals surface area contributed by atoms with Crippen LogP contribution in [0, 0.1) is 13.8 Å². The molecule has 1 N–H and O–H groups in total. The van der Waals surface area contributed by atoms with Gasteiger partial charge in [-0.25, -0.2) is 9.78 Å². The van der Waals surface area contributed by atoms with E-state index >= 15 is 0 Å². The van der Waals surface area contributed by atoms with Gasteiger partial charge in [-0.3, -0.25) is 0 Å². The third kappa shape index (κ3) is 2.62. The number of aryl methyl sites for hydroxylation is 2. The molecule has 0 unspecified atom stereocenters. The van der Waals surface area contributed by atoms with Crippen molar-refractivity contribution in [3.63, 3.8) is 0 Å². The number of methoxy groups -OCH3 is 1. The van der Waals surface area contributed by atoms with Gasteiger partial charge in [0.05, 0.1) is 18.1 Å². The van der Waals surface area contributed by atoms with Crippen LogP contribution in [-0.4, -0.2) is 17.1 Å². The molecular formula is C19H15BrN2O3. The molecule has 2 heterocycles. The van der Waals surface area contributed by atoms with Crippen LogP contribution < -0.4 is 10.4 Å². The molecule has 6 heteroatoms. The lowest BCUT2D eigenvalue weighted by Gasteiger charge is -2.06. The Morgan fingerprint density at radius 2 is 1.88 bits per heavy atom. The Labute approximate surface area is 151 Å². The molecule has 2 aromatic carbocycles. The van der Waals surface area contributed by atoms with E-state index in [4.69, 9.17) is 9.15 Å². The fraction of sp³-hybridized carbons (Fsp3) is 0.158. The first-order valence-corrected chi connectivity index (χ1v) is 8.54. The van der Waals surface area contributed by atoms with Crippen molar-refractivity contribution in [3.8, 4) is 17.1 Å². The van der Waals surface area contributed by atoms with Crippen molar-refractivity contribution in [1.29, 1.82) is 0 Å². The summed E-state index contributed by atoms with van der Waals surface area (Å²) < 4.78 is 11.6. The van der Waals surface area contributed by atoms with Crippen molar-refractivity contribution >= 4 is 37.9 Å². The zero-order valence-electron chi connectivity index (χ0n) is 13.9. The van der Waals surface area contributed by atoms with Crippen molar-refractivity contribution in [2.75, 3.05) is 7.11 Å². The number of aromatic nitrogens is 2. The largest absolute Gasteiger partial charge is 0.493 e. The molecule has 126 valence electrons. The number of ether oxygens (including phenoxy) is 1. The first-order chi connectivity index (χ1) is 12.0. The molecule has 0 fully saturated rings. The summed E-state index contributed by atoms with van der Waals surface area (Å²) >= 11 is 3.44. The van der Waals surface area contributed by atoms with Crippen LogP contribution in [-0.2, 0) is 0 Å². The van der Waals surface area contributed by atoms with E-state index in [1.807, 2.05) is 32.0 Å². The van der Waals surface area contributed by atoms with E-state index in [2.05, 4.69) is 25.9 Å². The highest BCUT2D eigenvalue weighted by molar-refractivity contribution is 9.10. The topological polar surface area (TPSA) is 68.1 Å². The molecular weight excluding hydrogens is 384 g/mol. The standard InChI is InChI=1S/C19H15BrN2O3/c1-9-4-14-15(5-10(9)2)22-18(21-14)13-7-11-6-12(20)8-16(24-3)17(11)25-19(13)23/h4-8H,1-3H3,(H,21,22). The zero-order chi connectivity index (χ0) is 17.7. The molecule has 5 nitrogen and oxygen atoms in total. The van der Waals surface area contributed by atoms with Gasteiger partial charge in [0.1, 0.15) is 11.4 Å². The summed E-state index contributed by atoms with van der Waals surface area (Å²) in [5, 5.41) is 0.758. The Morgan fingerprint density at radius 1 is 1.12 bits per heavy atom. The number of nitrogens with one attached hydrogen (secondary N) is 1. The van der Waals surface area contributed by atoms with Gasteiger partial charge < -0.3 is 14.1 Å². The number of H-pyrrole nitrogens is 1. The van der Waals surface area contributed by atoms with Crippen molar-refractivity contribution in [2.24, 2.45) is 0 Å². The molecule has 0 spiro atoms. The number of aromatic amines is 1. The summed E-state index contributed by atoms with van der Waals surface area (Å²) in [4.78, 5) is 20.3. The second-order valence-corrected chi connectivity index (χ2v) is 6.93. The van der Waals surface area contributed by atoms with Gasteiger partial charge in [-0.05, 0) is 55.3 Å². The number of imidazole rings is 1. The van der Waals surface area contributed by atoms with Gasteiger partial charge in [0, 0.05) is 9.86 Å². The molecule has 2 aromatic heterocycles. The Hall–Kier alpha value is -2.60. The van der Waals surface area contributed by atoms with Crippen LogP contribution in [0.5, 0.6) is 5.75 Å². The fourth-order valence-electron chi connectivity index (χ4n) is 2.88. The first kappa shape index (κ1) is 15.9. The third-order valence-electron chi connectivity index (χ3n) is 4.34. The summed E-state index contributed by atoms with van der Waals surface area (Å²) in [6.45, 7) is 4.08. The Kier molecular flexibility index (Phi) is 3.65. The molecule has 0 amide bonds. The van der Waals surface area contributed by atoms with E-state index in [1.54, 1.807) is 19.2 Å². The Balaban J connectivity index is 1.97. The number of hydrogen-bond donors (Lipinski definition) is 1. The van der Waals surface area contributed by atoms with Gasteiger partial charge in [-0.15, -0.1) is 0 Å². The molecule has 4 aromatic rings. The highest BCUT2D eigenvalue weighted by Crippen LogP contribution is 2.31. The van der Waals surface area contributed by atoms with Gasteiger partial charge in [0.25, 0.3) is 0 Å². The number of rotatable bonds is 2. The van der Waals surface area contributed by atoms with Crippen LogP contribution in [0.1, 0.15) is 11.1 Å². The van der Waals surface area contributed by atoms with E-state index in [0.29, 0.717) is 22.7 Å². The van der Waals surface area contributed by atoms with Crippen molar-refractivity contribution in [1.82, 2.24) is 9.97 Å². The van der Waals surface area contributed by atoms with Gasteiger partial charge in [-0.2, -0.15) is 0 Å². The minimum absolute atomic E-state index is 0.388. The quantitative estimate of drug-likeness (QED) is 0.495. The smallest absolute Gasteiger partial charge is 0.347 e. The first-order valence-electron chi connectivity index (χ1n) is 7.75. The summed E-state index contributed by atoms with van der Waals surface area (Å²) in [5.74, 6) is 0.999. The van der Waals surface area contributed by atoms with E-state index in [1.165, 1.54) is 5.56 Å². The summed E-state index contributed by atoms with van der Waals surface area (Å²) in [6.07, 6.45) is 0. The maximum atomic E-state index is 12.5. The normalized spacial score (nSPS) is 11.4. The monoisotopic (exact) mass is 398 g/mol. The average molecular weight is 399 g/mol. The SMILES string of the molecule is COc1cc(Br)cc2cc(-c3nc4cc(C)c(C)cc4[nH]3)c(=O)oc12. The number of halogens is 1. The summed E-state index contributed by atoms with van der Waals surface area (Å²) in [6, 6.07) is 9.45. The van der Waals surface area contributed by atoms with Gasteiger partial charge >= 0.3 is 5.63 Å². The molecule has 0 aliphatic heterocycles. The Morgan fingerprint density at radius 3 is 2.64 bits per heavy atom. The van der Waals surface area contributed by atoms with E-state index < -0.39 is 5.63 Å². The van der Waals surface area contributed by atoms with Crippen LogP contribution in [0.2, 0.25) is 0 Å². The van der Waals surface area contributed by atoms with Gasteiger partial charge in [0.2, 0.25) is 0 Å². The van der Waals surface area contributed by atoms with Crippen LogP contribution >= 0.6 is 15.9 Å². The molecule has 0 saturated carbocycles. The lowest BCUT2D eigenvalue weighted by molar-refractivity contribution is 0.406. The minimum atomic E-state index is -0.458. The molecule has 0 bridgehead atoms. The lowest BCUT2D eigenvalue weighted by atomic mass is 10.1. The van der Waals surface area contributed by atoms with Crippen molar-refractivity contribution < 1.29 is 9.15 Å². The van der Waals surface area contributed by atoms with Gasteiger partial charge in [0.15, 0.2) is 11.3 Å². The van der Waals surface area contributed by atoms with Gasteiger partial charge in [-0.1, -0.05) is 15.9 Å². The second kappa shape index (κ2) is 5.74. The van der Waals surface area contributed by atoms with Crippen LogP contribution in [0.15, 0.2) is 44.0 Å². The highest BCUT2D eigenvalue weighted by atomic mass is 79.9. The van der Waals surface area contributed by atoms with Crippen LogP contribution in [0.25, 0.3) is 33.4 Å². The number of nitrogens with zero attached hydrogens (tertiary/aromatic N) is 1. The zero-order valence-corrected chi connectivity index (χ0v) is 15.5. The van der Waals surface area contributed by atoms with Crippen LogP contribution in [0.3, 0.4) is 0 Å². The maximum absolute atomic E-state index is 12.5. The second-order valence-electron chi connectivity index (χ2n) is 6.01.